The van der Waals surface area contributed by atoms with Crippen LogP contribution in [-0.4, -0.2) is 33.0 Å². The molecule has 1 atom stereocenters. The van der Waals surface area contributed by atoms with Crippen molar-refractivity contribution >= 4 is 11.9 Å². The molecule has 2 rings (SSSR count). The number of carboxylic acids is 1. The van der Waals surface area contributed by atoms with Crippen molar-refractivity contribution in [3.05, 3.63) is 32.6 Å². The molecule has 96 valence electrons. The summed E-state index contributed by atoms with van der Waals surface area (Å²) in [4.78, 5) is 48.8. The molecule has 1 aliphatic carbocycles. The van der Waals surface area contributed by atoms with Gasteiger partial charge in [0.25, 0.3) is 11.5 Å². The van der Waals surface area contributed by atoms with Gasteiger partial charge in [-0.15, -0.1) is 0 Å². The first-order valence-corrected chi connectivity index (χ1v) is 5.34. The van der Waals surface area contributed by atoms with Crippen LogP contribution in [0.3, 0.4) is 0 Å². The molecular formula is C10H11N3O5. The lowest BCUT2D eigenvalue weighted by Gasteiger charge is -2.12. The summed E-state index contributed by atoms with van der Waals surface area (Å²) in [5.41, 5.74) is -1.90. The van der Waals surface area contributed by atoms with Crippen LogP contribution < -0.4 is 16.6 Å². The fourth-order valence-corrected chi connectivity index (χ4v) is 1.61. The number of hydrogen-bond acceptors (Lipinski definition) is 4. The van der Waals surface area contributed by atoms with Crippen molar-refractivity contribution in [2.24, 2.45) is 5.92 Å². The zero-order valence-electron chi connectivity index (χ0n) is 9.23. The number of amides is 1. The molecule has 0 radical (unpaired) electrons. The average Bonchev–Trinajstić information content (AvgIpc) is 3.08. The van der Waals surface area contributed by atoms with Crippen molar-refractivity contribution in [2.45, 2.75) is 18.9 Å². The Labute approximate surface area is 100 Å². The highest BCUT2D eigenvalue weighted by Crippen LogP contribution is 2.32. The third kappa shape index (κ3) is 2.47. The summed E-state index contributed by atoms with van der Waals surface area (Å²) in [5, 5.41) is 11.2. The van der Waals surface area contributed by atoms with Crippen LogP contribution in [0.2, 0.25) is 0 Å². The highest BCUT2D eigenvalue weighted by atomic mass is 16.4. The van der Waals surface area contributed by atoms with Gasteiger partial charge in [0.15, 0.2) is 0 Å². The molecule has 4 N–H and O–H groups in total. The Bertz CT molecular complexity index is 598. The first kappa shape index (κ1) is 12.1. The van der Waals surface area contributed by atoms with Crippen molar-refractivity contribution in [1.29, 1.82) is 0 Å². The van der Waals surface area contributed by atoms with Crippen LogP contribution in [0.15, 0.2) is 15.8 Å². The first-order valence-electron chi connectivity index (χ1n) is 5.34. The summed E-state index contributed by atoms with van der Waals surface area (Å²) >= 11 is 0. The van der Waals surface area contributed by atoms with E-state index < -0.39 is 29.2 Å². The molecule has 1 fully saturated rings. The topological polar surface area (TPSA) is 132 Å². The Hall–Kier alpha value is -2.38. The Morgan fingerprint density at radius 1 is 1.39 bits per heavy atom. The zero-order valence-corrected chi connectivity index (χ0v) is 9.23. The SMILES string of the molecule is O=C(NC(C(=O)O)C1CC1)c1c[nH]c(=O)[nH]c1=O. The Morgan fingerprint density at radius 2 is 2.06 bits per heavy atom. The van der Waals surface area contributed by atoms with Gasteiger partial charge in [0.2, 0.25) is 0 Å². The van der Waals surface area contributed by atoms with E-state index in [1.54, 1.807) is 0 Å². The normalized spacial score (nSPS) is 16.0. The smallest absolute Gasteiger partial charge is 0.326 e. The third-order valence-corrected chi connectivity index (χ3v) is 2.71. The number of H-pyrrole nitrogens is 2. The van der Waals surface area contributed by atoms with Crippen molar-refractivity contribution in [1.82, 2.24) is 15.3 Å². The van der Waals surface area contributed by atoms with E-state index >= 15 is 0 Å². The molecule has 1 saturated carbocycles. The standard InChI is InChI=1S/C10H11N3O5/c14-7(5-3-11-10(18)13-8(5)15)12-6(9(16)17)4-1-2-4/h3-4,6H,1-2H2,(H,12,14)(H,16,17)(H2,11,13,15,18). The Balaban J connectivity index is 2.18. The van der Waals surface area contributed by atoms with E-state index in [9.17, 15) is 19.2 Å². The lowest BCUT2D eigenvalue weighted by atomic mass is 10.1. The maximum atomic E-state index is 11.7. The number of aromatic nitrogens is 2. The maximum absolute atomic E-state index is 11.7. The minimum Gasteiger partial charge on any atom is -0.480 e. The molecule has 8 heteroatoms. The summed E-state index contributed by atoms with van der Waals surface area (Å²) in [6.45, 7) is 0. The zero-order chi connectivity index (χ0) is 13.3. The van der Waals surface area contributed by atoms with E-state index in [2.05, 4.69) is 10.3 Å². The van der Waals surface area contributed by atoms with Crippen molar-refractivity contribution < 1.29 is 14.7 Å². The molecule has 0 spiro atoms. The van der Waals surface area contributed by atoms with Crippen molar-refractivity contribution in [3.8, 4) is 0 Å². The van der Waals surface area contributed by atoms with Crippen LogP contribution in [-0.2, 0) is 4.79 Å². The first-order chi connectivity index (χ1) is 8.49. The number of carbonyl (C=O) groups excluding carboxylic acids is 1. The maximum Gasteiger partial charge on any atom is 0.326 e. The van der Waals surface area contributed by atoms with E-state index in [0.717, 1.165) is 19.0 Å². The second-order valence-electron chi connectivity index (χ2n) is 4.11. The van der Waals surface area contributed by atoms with Gasteiger partial charge in [0, 0.05) is 6.20 Å². The highest BCUT2D eigenvalue weighted by molar-refractivity contribution is 5.96. The molecule has 1 amide bonds. The number of aliphatic carboxylic acids is 1. The molecule has 0 saturated heterocycles. The van der Waals surface area contributed by atoms with E-state index in [4.69, 9.17) is 5.11 Å². The quantitative estimate of drug-likeness (QED) is 0.527. The molecule has 18 heavy (non-hydrogen) atoms. The molecule has 1 unspecified atom stereocenters. The van der Waals surface area contributed by atoms with Gasteiger partial charge in [-0.3, -0.25) is 14.6 Å². The summed E-state index contributed by atoms with van der Waals surface area (Å²) in [7, 11) is 0. The van der Waals surface area contributed by atoms with Gasteiger partial charge in [-0.1, -0.05) is 0 Å². The number of carbonyl (C=O) groups is 2. The molecule has 0 aliphatic heterocycles. The minimum atomic E-state index is -1.13. The van der Waals surface area contributed by atoms with Gasteiger partial charge in [0.05, 0.1) is 0 Å². The predicted molar refractivity (Wildman–Crippen MR) is 59.3 cm³/mol. The summed E-state index contributed by atoms with van der Waals surface area (Å²) in [5.74, 6) is -2.04. The van der Waals surface area contributed by atoms with Gasteiger partial charge >= 0.3 is 11.7 Å². The van der Waals surface area contributed by atoms with Crippen molar-refractivity contribution in [2.75, 3.05) is 0 Å². The van der Waals surface area contributed by atoms with Gasteiger partial charge < -0.3 is 15.4 Å². The van der Waals surface area contributed by atoms with E-state index in [-0.39, 0.29) is 11.5 Å². The van der Waals surface area contributed by atoms with Crippen LogP contribution in [0.5, 0.6) is 0 Å². The van der Waals surface area contributed by atoms with Crippen molar-refractivity contribution in [3.63, 3.8) is 0 Å². The van der Waals surface area contributed by atoms with Crippen LogP contribution in [0.25, 0.3) is 0 Å². The fraction of sp³-hybridized carbons (Fsp3) is 0.400. The largest absolute Gasteiger partial charge is 0.480 e. The minimum absolute atomic E-state index is 0.0895. The molecule has 1 aliphatic rings. The summed E-state index contributed by atoms with van der Waals surface area (Å²) < 4.78 is 0. The number of hydrogen-bond donors (Lipinski definition) is 4. The average molecular weight is 253 g/mol. The Kier molecular flexibility index (Phi) is 3.00. The molecule has 0 aromatic carbocycles. The van der Waals surface area contributed by atoms with Crippen LogP contribution in [0.1, 0.15) is 23.2 Å². The lowest BCUT2D eigenvalue weighted by Crippen LogP contribution is -2.44. The predicted octanol–water partition coefficient (Wildman–Crippen LogP) is -1.34. The summed E-state index contributed by atoms with van der Waals surface area (Å²) in [6, 6.07) is -0.996. The molecule has 1 aromatic heterocycles. The molecule has 0 bridgehead atoms. The number of carboxylic acid groups (broad SMARTS) is 1. The number of nitrogens with one attached hydrogen (secondary N) is 3. The molecule has 1 aromatic rings. The van der Waals surface area contributed by atoms with Gasteiger partial charge in [-0.2, -0.15) is 0 Å². The third-order valence-electron chi connectivity index (χ3n) is 2.71. The number of aromatic amines is 2. The van der Waals surface area contributed by atoms with E-state index in [0.29, 0.717) is 0 Å². The van der Waals surface area contributed by atoms with Crippen LogP contribution in [0, 0.1) is 5.92 Å². The van der Waals surface area contributed by atoms with Crippen LogP contribution >= 0.6 is 0 Å². The summed E-state index contributed by atoms with van der Waals surface area (Å²) in [6.07, 6.45) is 2.43. The van der Waals surface area contributed by atoms with Crippen LogP contribution in [0.4, 0.5) is 0 Å². The second-order valence-corrected chi connectivity index (χ2v) is 4.11. The molecule has 1 heterocycles. The van der Waals surface area contributed by atoms with Gasteiger partial charge in [0.1, 0.15) is 11.6 Å². The van der Waals surface area contributed by atoms with Gasteiger partial charge in [-0.25, -0.2) is 9.59 Å². The second kappa shape index (κ2) is 4.47. The number of rotatable bonds is 4. The fourth-order valence-electron chi connectivity index (χ4n) is 1.61. The monoisotopic (exact) mass is 253 g/mol. The molecular weight excluding hydrogens is 242 g/mol. The van der Waals surface area contributed by atoms with E-state index in [1.807, 2.05) is 4.98 Å². The highest BCUT2D eigenvalue weighted by Gasteiger charge is 2.37. The molecule has 8 nitrogen and oxygen atoms in total. The lowest BCUT2D eigenvalue weighted by molar-refractivity contribution is -0.139. The Morgan fingerprint density at radius 3 is 2.56 bits per heavy atom. The van der Waals surface area contributed by atoms with Gasteiger partial charge in [-0.05, 0) is 18.8 Å². The van der Waals surface area contributed by atoms with E-state index in [1.165, 1.54) is 0 Å².